The maximum Gasteiger partial charge on any atom is 0.251 e. The van der Waals surface area contributed by atoms with Gasteiger partial charge in [0.25, 0.3) is 5.91 Å². The van der Waals surface area contributed by atoms with Crippen molar-refractivity contribution in [3.8, 4) is 0 Å². The summed E-state index contributed by atoms with van der Waals surface area (Å²) < 4.78 is 0. The number of amides is 3. The topological polar surface area (TPSA) is 87.3 Å². The molecule has 6 nitrogen and oxygen atoms in total. The van der Waals surface area contributed by atoms with E-state index in [1.54, 1.807) is 18.2 Å². The molecule has 0 spiro atoms. The molecule has 0 bridgehead atoms. The standard InChI is InChI=1S/C23H37N3O3/c1-6-8-10-12-20(27)24-18-14-17(22(29)26-23(3,4)5)15-19(16-18)25-21(28)13-11-9-7-2/h14-16H,6-13H2,1-5H3,(H,24,27)(H,25,28)(H,26,29). The Morgan fingerprint density at radius 2 is 1.21 bits per heavy atom. The average molecular weight is 404 g/mol. The summed E-state index contributed by atoms with van der Waals surface area (Å²) in [6.07, 6.45) is 6.62. The van der Waals surface area contributed by atoms with Crippen LogP contribution in [0.2, 0.25) is 0 Å². The number of unbranched alkanes of at least 4 members (excludes halogenated alkanes) is 4. The van der Waals surface area contributed by atoms with Crippen molar-refractivity contribution in [2.45, 2.75) is 91.5 Å². The maximum absolute atomic E-state index is 12.6. The highest BCUT2D eigenvalue weighted by Crippen LogP contribution is 2.21. The van der Waals surface area contributed by atoms with Crippen LogP contribution < -0.4 is 16.0 Å². The van der Waals surface area contributed by atoms with Crippen LogP contribution in [-0.4, -0.2) is 23.3 Å². The van der Waals surface area contributed by atoms with Crippen LogP contribution >= 0.6 is 0 Å². The Hall–Kier alpha value is -2.37. The largest absolute Gasteiger partial charge is 0.347 e. The van der Waals surface area contributed by atoms with Crippen molar-refractivity contribution >= 4 is 29.1 Å². The highest BCUT2D eigenvalue weighted by molar-refractivity contribution is 6.00. The van der Waals surface area contributed by atoms with E-state index in [9.17, 15) is 14.4 Å². The van der Waals surface area contributed by atoms with E-state index in [0.717, 1.165) is 38.5 Å². The third kappa shape index (κ3) is 10.7. The first-order valence-electron chi connectivity index (χ1n) is 10.7. The van der Waals surface area contributed by atoms with Crippen molar-refractivity contribution < 1.29 is 14.4 Å². The first-order chi connectivity index (χ1) is 13.6. The lowest BCUT2D eigenvalue weighted by Gasteiger charge is -2.21. The molecule has 0 heterocycles. The second kappa shape index (κ2) is 12.2. The van der Waals surface area contributed by atoms with E-state index < -0.39 is 0 Å². The number of rotatable bonds is 11. The predicted octanol–water partition coefficient (Wildman–Crippen LogP) is 5.25. The predicted molar refractivity (Wildman–Crippen MR) is 119 cm³/mol. The molecule has 0 radical (unpaired) electrons. The van der Waals surface area contributed by atoms with Crippen LogP contribution in [0.25, 0.3) is 0 Å². The van der Waals surface area contributed by atoms with E-state index in [4.69, 9.17) is 0 Å². The van der Waals surface area contributed by atoms with Gasteiger partial charge in [-0.2, -0.15) is 0 Å². The van der Waals surface area contributed by atoms with Gasteiger partial charge in [-0.05, 0) is 51.8 Å². The molecule has 0 aromatic heterocycles. The summed E-state index contributed by atoms with van der Waals surface area (Å²) in [7, 11) is 0. The van der Waals surface area contributed by atoms with Gasteiger partial charge in [-0.3, -0.25) is 14.4 Å². The summed E-state index contributed by atoms with van der Waals surface area (Å²) in [5.41, 5.74) is 1.03. The molecule has 1 aromatic carbocycles. The van der Waals surface area contributed by atoms with Gasteiger partial charge in [0.1, 0.15) is 0 Å². The first kappa shape index (κ1) is 24.7. The highest BCUT2D eigenvalue weighted by Gasteiger charge is 2.17. The summed E-state index contributed by atoms with van der Waals surface area (Å²) in [6.45, 7) is 9.89. The Bertz CT molecular complexity index is 651. The van der Waals surface area contributed by atoms with Gasteiger partial charge in [-0.1, -0.05) is 39.5 Å². The van der Waals surface area contributed by atoms with E-state index in [0.29, 0.717) is 29.8 Å². The second-order valence-electron chi connectivity index (χ2n) is 8.51. The zero-order valence-corrected chi connectivity index (χ0v) is 18.6. The highest BCUT2D eigenvalue weighted by atomic mass is 16.2. The molecule has 0 saturated heterocycles. The summed E-state index contributed by atoms with van der Waals surface area (Å²) in [4.78, 5) is 37.0. The van der Waals surface area contributed by atoms with E-state index in [1.165, 1.54) is 0 Å². The van der Waals surface area contributed by atoms with E-state index in [1.807, 2.05) is 20.8 Å². The summed E-state index contributed by atoms with van der Waals surface area (Å²) >= 11 is 0. The molecule has 3 N–H and O–H groups in total. The lowest BCUT2D eigenvalue weighted by Crippen LogP contribution is -2.40. The molecule has 0 aliphatic carbocycles. The maximum atomic E-state index is 12.6. The second-order valence-corrected chi connectivity index (χ2v) is 8.51. The van der Waals surface area contributed by atoms with Gasteiger partial charge in [0.15, 0.2) is 0 Å². The molecular weight excluding hydrogens is 366 g/mol. The van der Waals surface area contributed by atoms with Crippen LogP contribution in [0.15, 0.2) is 18.2 Å². The van der Waals surface area contributed by atoms with Crippen molar-refractivity contribution in [1.29, 1.82) is 0 Å². The molecule has 0 aliphatic rings. The van der Waals surface area contributed by atoms with Crippen LogP contribution in [0, 0.1) is 0 Å². The Morgan fingerprint density at radius 1 is 0.759 bits per heavy atom. The number of anilines is 2. The van der Waals surface area contributed by atoms with Crippen molar-refractivity contribution in [1.82, 2.24) is 5.32 Å². The molecular formula is C23H37N3O3. The molecule has 0 unspecified atom stereocenters. The molecule has 1 aromatic rings. The Balaban J connectivity index is 2.97. The van der Waals surface area contributed by atoms with E-state index >= 15 is 0 Å². The number of nitrogens with one attached hydrogen (secondary N) is 3. The van der Waals surface area contributed by atoms with E-state index in [2.05, 4.69) is 29.8 Å². The average Bonchev–Trinajstić information content (AvgIpc) is 2.60. The summed E-state index contributed by atoms with van der Waals surface area (Å²) in [5.74, 6) is -0.430. The monoisotopic (exact) mass is 403 g/mol. The van der Waals surface area contributed by atoms with Gasteiger partial charge >= 0.3 is 0 Å². The summed E-state index contributed by atoms with van der Waals surface area (Å²) in [5, 5.41) is 8.63. The van der Waals surface area contributed by atoms with E-state index in [-0.39, 0.29) is 23.3 Å². The van der Waals surface area contributed by atoms with Crippen LogP contribution in [-0.2, 0) is 9.59 Å². The number of hydrogen-bond acceptors (Lipinski definition) is 3. The minimum absolute atomic E-state index is 0.0907. The SMILES string of the molecule is CCCCCC(=O)Nc1cc(NC(=O)CCCCC)cc(C(=O)NC(C)(C)C)c1. The molecule has 0 aliphatic heterocycles. The van der Waals surface area contributed by atoms with Crippen LogP contribution in [0.4, 0.5) is 11.4 Å². The number of hydrogen-bond donors (Lipinski definition) is 3. The van der Waals surface area contributed by atoms with Gasteiger partial charge in [-0.15, -0.1) is 0 Å². The quantitative estimate of drug-likeness (QED) is 0.441. The lowest BCUT2D eigenvalue weighted by molar-refractivity contribution is -0.117. The molecule has 0 atom stereocenters. The molecule has 162 valence electrons. The molecule has 0 fully saturated rings. The van der Waals surface area contributed by atoms with Crippen LogP contribution in [0.3, 0.4) is 0 Å². The van der Waals surface area contributed by atoms with Gasteiger partial charge in [0.05, 0.1) is 0 Å². The molecule has 29 heavy (non-hydrogen) atoms. The van der Waals surface area contributed by atoms with Crippen LogP contribution in [0.5, 0.6) is 0 Å². The molecule has 3 amide bonds. The van der Waals surface area contributed by atoms with Gasteiger partial charge in [-0.25, -0.2) is 0 Å². The third-order valence-corrected chi connectivity index (χ3v) is 4.27. The fourth-order valence-electron chi connectivity index (χ4n) is 2.83. The molecule has 0 saturated carbocycles. The number of carbonyl (C=O) groups excluding carboxylic acids is 3. The first-order valence-corrected chi connectivity index (χ1v) is 10.7. The van der Waals surface area contributed by atoms with Crippen LogP contribution in [0.1, 0.15) is 96.3 Å². The third-order valence-electron chi connectivity index (χ3n) is 4.27. The normalized spacial score (nSPS) is 11.1. The summed E-state index contributed by atoms with van der Waals surface area (Å²) in [6, 6.07) is 4.99. The van der Waals surface area contributed by atoms with Crippen molar-refractivity contribution in [2.24, 2.45) is 0 Å². The Kier molecular flexibility index (Phi) is 10.4. The lowest BCUT2D eigenvalue weighted by atomic mass is 10.1. The number of benzene rings is 1. The fourth-order valence-corrected chi connectivity index (χ4v) is 2.83. The smallest absolute Gasteiger partial charge is 0.251 e. The van der Waals surface area contributed by atoms with Gasteiger partial charge < -0.3 is 16.0 Å². The fraction of sp³-hybridized carbons (Fsp3) is 0.609. The van der Waals surface area contributed by atoms with Crippen molar-refractivity contribution in [3.05, 3.63) is 23.8 Å². The minimum atomic E-state index is -0.389. The molecule has 1 rings (SSSR count). The number of carbonyl (C=O) groups is 3. The molecule has 6 heteroatoms. The minimum Gasteiger partial charge on any atom is -0.347 e. The van der Waals surface area contributed by atoms with Gasteiger partial charge in [0, 0.05) is 35.3 Å². The zero-order valence-electron chi connectivity index (χ0n) is 18.6. The zero-order chi connectivity index (χ0) is 21.9. The Labute approximate surface area is 175 Å². The van der Waals surface area contributed by atoms with Crippen molar-refractivity contribution in [3.63, 3.8) is 0 Å². The Morgan fingerprint density at radius 3 is 1.59 bits per heavy atom. The van der Waals surface area contributed by atoms with Crippen molar-refractivity contribution in [2.75, 3.05) is 10.6 Å². The van der Waals surface area contributed by atoms with Gasteiger partial charge in [0.2, 0.25) is 11.8 Å².